The maximum atomic E-state index is 13.4. The number of piperidine rings is 1. The lowest BCUT2D eigenvalue weighted by atomic mass is 9.61. The van der Waals surface area contributed by atoms with Crippen molar-refractivity contribution in [1.82, 2.24) is 20.7 Å². The lowest BCUT2D eigenvalue weighted by molar-refractivity contribution is -0.140. The molecule has 3 heterocycles. The quantitative estimate of drug-likeness (QED) is 0.768. The maximum Gasteiger partial charge on any atom is 0.228 e. The molecule has 1 saturated carbocycles. The van der Waals surface area contributed by atoms with Crippen molar-refractivity contribution in [2.24, 2.45) is 11.3 Å². The SMILES string of the molecule is O=C(NCc1cc(-c2ccccc2)no1)[C@@]12CC[C@H](N3CCOCC3)C[C@H]1CCNC2. The minimum absolute atomic E-state index is 0.155. The Balaban J connectivity index is 1.23. The minimum atomic E-state index is -0.316. The average molecular weight is 425 g/mol. The third-order valence-corrected chi connectivity index (χ3v) is 7.44. The molecule has 5 rings (SSSR count). The van der Waals surface area contributed by atoms with Crippen LogP contribution in [-0.2, 0) is 16.1 Å². The van der Waals surface area contributed by atoms with E-state index in [0.717, 1.165) is 76.3 Å². The first-order valence-electron chi connectivity index (χ1n) is 11.6. The van der Waals surface area contributed by atoms with Gasteiger partial charge in [-0.05, 0) is 38.1 Å². The maximum absolute atomic E-state index is 13.4. The van der Waals surface area contributed by atoms with E-state index in [1.165, 1.54) is 0 Å². The Kier molecular flexibility index (Phi) is 6.07. The van der Waals surface area contributed by atoms with Crippen molar-refractivity contribution in [1.29, 1.82) is 0 Å². The minimum Gasteiger partial charge on any atom is -0.379 e. The van der Waals surface area contributed by atoms with Crippen LogP contribution in [0, 0.1) is 11.3 Å². The summed E-state index contributed by atoms with van der Waals surface area (Å²) in [4.78, 5) is 16.0. The third kappa shape index (κ3) is 4.27. The highest BCUT2D eigenvalue weighted by molar-refractivity contribution is 5.83. The number of amides is 1. The van der Waals surface area contributed by atoms with Crippen LogP contribution in [0.25, 0.3) is 11.3 Å². The molecule has 2 saturated heterocycles. The Morgan fingerprint density at radius 2 is 2.06 bits per heavy atom. The van der Waals surface area contributed by atoms with Crippen LogP contribution in [0.15, 0.2) is 40.9 Å². The monoisotopic (exact) mass is 424 g/mol. The first-order chi connectivity index (χ1) is 15.2. The van der Waals surface area contributed by atoms with E-state index in [-0.39, 0.29) is 11.3 Å². The van der Waals surface area contributed by atoms with Gasteiger partial charge in [0, 0.05) is 37.3 Å². The number of benzene rings is 1. The van der Waals surface area contributed by atoms with Gasteiger partial charge < -0.3 is 19.9 Å². The molecule has 0 unspecified atom stereocenters. The summed E-state index contributed by atoms with van der Waals surface area (Å²) in [6, 6.07) is 12.4. The summed E-state index contributed by atoms with van der Waals surface area (Å²) in [5.74, 6) is 1.26. The van der Waals surface area contributed by atoms with Gasteiger partial charge in [-0.2, -0.15) is 0 Å². The topological polar surface area (TPSA) is 79.6 Å². The molecule has 7 nitrogen and oxygen atoms in total. The molecule has 0 radical (unpaired) electrons. The molecule has 2 aliphatic heterocycles. The number of carbonyl (C=O) groups excluding carboxylic acids is 1. The Morgan fingerprint density at radius 1 is 1.23 bits per heavy atom. The van der Waals surface area contributed by atoms with Crippen LogP contribution in [0.1, 0.15) is 31.4 Å². The summed E-state index contributed by atoms with van der Waals surface area (Å²) >= 11 is 0. The first kappa shape index (κ1) is 20.7. The van der Waals surface area contributed by atoms with Gasteiger partial charge in [0.2, 0.25) is 5.91 Å². The highest BCUT2D eigenvalue weighted by Crippen LogP contribution is 2.46. The lowest BCUT2D eigenvalue weighted by Crippen LogP contribution is -2.60. The van der Waals surface area contributed by atoms with Gasteiger partial charge in [0.25, 0.3) is 0 Å². The Morgan fingerprint density at radius 3 is 2.90 bits per heavy atom. The number of carbonyl (C=O) groups is 1. The fraction of sp³-hybridized carbons (Fsp3) is 0.583. The second kappa shape index (κ2) is 9.10. The molecule has 1 aromatic carbocycles. The zero-order valence-corrected chi connectivity index (χ0v) is 18.0. The van der Waals surface area contributed by atoms with E-state index < -0.39 is 0 Å². The highest BCUT2D eigenvalue weighted by Gasteiger charge is 2.50. The van der Waals surface area contributed by atoms with Crippen molar-refractivity contribution in [2.75, 3.05) is 39.4 Å². The molecule has 3 fully saturated rings. The molecule has 3 atom stereocenters. The molecule has 0 spiro atoms. The molecule has 1 aliphatic carbocycles. The van der Waals surface area contributed by atoms with Gasteiger partial charge in [0.1, 0.15) is 5.69 Å². The van der Waals surface area contributed by atoms with E-state index in [9.17, 15) is 4.79 Å². The number of rotatable bonds is 5. The number of nitrogens with zero attached hydrogens (tertiary/aromatic N) is 2. The van der Waals surface area contributed by atoms with Crippen molar-refractivity contribution in [3.63, 3.8) is 0 Å². The Bertz CT molecular complexity index is 880. The molecule has 7 heteroatoms. The van der Waals surface area contributed by atoms with Crippen molar-refractivity contribution in [3.05, 3.63) is 42.2 Å². The van der Waals surface area contributed by atoms with Crippen LogP contribution in [0.4, 0.5) is 0 Å². The molecule has 31 heavy (non-hydrogen) atoms. The molecular weight excluding hydrogens is 392 g/mol. The number of morpholine rings is 1. The van der Waals surface area contributed by atoms with Gasteiger partial charge in [-0.1, -0.05) is 35.5 Å². The second-order valence-corrected chi connectivity index (χ2v) is 9.12. The molecule has 166 valence electrons. The fourth-order valence-corrected chi connectivity index (χ4v) is 5.65. The van der Waals surface area contributed by atoms with E-state index in [1.54, 1.807) is 0 Å². The molecule has 0 bridgehead atoms. The van der Waals surface area contributed by atoms with Gasteiger partial charge in [-0.25, -0.2) is 0 Å². The van der Waals surface area contributed by atoms with E-state index in [0.29, 0.717) is 24.3 Å². The Labute approximate surface area is 183 Å². The zero-order valence-electron chi connectivity index (χ0n) is 18.0. The van der Waals surface area contributed by atoms with Crippen molar-refractivity contribution >= 4 is 5.91 Å². The normalized spacial score (nSPS) is 29.3. The molecular formula is C24H32N4O3. The lowest BCUT2D eigenvalue weighted by Gasteiger charge is -2.50. The van der Waals surface area contributed by atoms with Crippen molar-refractivity contribution in [3.8, 4) is 11.3 Å². The molecule has 3 aliphatic rings. The van der Waals surface area contributed by atoms with Crippen LogP contribution in [-0.4, -0.2) is 61.4 Å². The van der Waals surface area contributed by atoms with Crippen LogP contribution >= 0.6 is 0 Å². The molecule has 2 N–H and O–H groups in total. The predicted octanol–water partition coefficient (Wildman–Crippen LogP) is 2.44. The summed E-state index contributed by atoms with van der Waals surface area (Å²) in [5.41, 5.74) is 1.50. The zero-order chi connectivity index (χ0) is 21.1. The molecule has 1 aromatic heterocycles. The van der Waals surface area contributed by atoms with E-state index in [2.05, 4.69) is 20.7 Å². The summed E-state index contributed by atoms with van der Waals surface area (Å²) in [6.45, 7) is 5.84. The van der Waals surface area contributed by atoms with Crippen LogP contribution in [0.5, 0.6) is 0 Å². The number of ether oxygens (including phenoxy) is 1. The molecule has 2 aromatic rings. The number of hydrogen-bond acceptors (Lipinski definition) is 6. The summed E-state index contributed by atoms with van der Waals surface area (Å²) in [5, 5.41) is 10.8. The summed E-state index contributed by atoms with van der Waals surface area (Å²) in [7, 11) is 0. The summed E-state index contributed by atoms with van der Waals surface area (Å²) in [6.07, 6.45) is 4.18. The smallest absolute Gasteiger partial charge is 0.228 e. The number of fused-ring (bicyclic) bond motifs is 1. The van der Waals surface area contributed by atoms with Gasteiger partial charge >= 0.3 is 0 Å². The first-order valence-corrected chi connectivity index (χ1v) is 11.6. The number of aromatic nitrogens is 1. The van der Waals surface area contributed by atoms with Crippen LogP contribution in [0.2, 0.25) is 0 Å². The molecule has 1 amide bonds. The van der Waals surface area contributed by atoms with Gasteiger partial charge in [0.15, 0.2) is 5.76 Å². The van der Waals surface area contributed by atoms with Crippen LogP contribution in [0.3, 0.4) is 0 Å². The van der Waals surface area contributed by atoms with Gasteiger partial charge in [-0.15, -0.1) is 0 Å². The third-order valence-electron chi connectivity index (χ3n) is 7.44. The van der Waals surface area contributed by atoms with Crippen LogP contribution < -0.4 is 10.6 Å². The number of hydrogen-bond donors (Lipinski definition) is 2. The van der Waals surface area contributed by atoms with E-state index in [1.807, 2.05) is 36.4 Å². The standard InChI is InChI=1S/C24H32N4O3/c29-23(26-16-21-15-22(27-31-21)18-4-2-1-3-5-18)24-8-6-20(28-10-12-30-13-11-28)14-19(24)7-9-25-17-24/h1-5,15,19-20,25H,6-14,16-17H2,(H,26,29)/t19-,20+,24-/m1/s1. The van der Waals surface area contributed by atoms with Gasteiger partial charge in [0.05, 0.1) is 25.2 Å². The average Bonchev–Trinajstić information content (AvgIpc) is 3.32. The predicted molar refractivity (Wildman–Crippen MR) is 117 cm³/mol. The highest BCUT2D eigenvalue weighted by atomic mass is 16.5. The fourth-order valence-electron chi connectivity index (χ4n) is 5.65. The number of nitrogens with one attached hydrogen (secondary N) is 2. The Hall–Kier alpha value is -2.22. The van der Waals surface area contributed by atoms with E-state index in [4.69, 9.17) is 9.26 Å². The van der Waals surface area contributed by atoms with Gasteiger partial charge in [-0.3, -0.25) is 9.69 Å². The van der Waals surface area contributed by atoms with E-state index >= 15 is 0 Å². The van der Waals surface area contributed by atoms with Crippen molar-refractivity contribution in [2.45, 2.75) is 38.3 Å². The second-order valence-electron chi connectivity index (χ2n) is 9.12. The van der Waals surface area contributed by atoms with Crippen molar-refractivity contribution < 1.29 is 14.1 Å². The largest absolute Gasteiger partial charge is 0.379 e. The summed E-state index contributed by atoms with van der Waals surface area (Å²) < 4.78 is 11.0.